The van der Waals surface area contributed by atoms with E-state index in [0.717, 1.165) is 17.4 Å². The number of aryl methyl sites for hydroxylation is 2. The number of nitrogens with one attached hydrogen (secondary N) is 1. The van der Waals surface area contributed by atoms with E-state index in [-0.39, 0.29) is 0 Å². The Morgan fingerprint density at radius 2 is 2.20 bits per heavy atom. The van der Waals surface area contributed by atoms with Gasteiger partial charge >= 0.3 is 0 Å². The summed E-state index contributed by atoms with van der Waals surface area (Å²) in [6.45, 7) is 4.86. The summed E-state index contributed by atoms with van der Waals surface area (Å²) in [5.41, 5.74) is 1.17. The summed E-state index contributed by atoms with van der Waals surface area (Å²) >= 11 is 1.71. The number of nitrogens with zero attached hydrogens (tertiary/aromatic N) is 2. The monoisotopic (exact) mass is 219 g/mol. The van der Waals surface area contributed by atoms with Crippen LogP contribution in [0.1, 0.15) is 15.4 Å². The van der Waals surface area contributed by atoms with Crippen LogP contribution in [-0.2, 0) is 6.54 Å². The van der Waals surface area contributed by atoms with E-state index in [2.05, 4.69) is 15.3 Å². The van der Waals surface area contributed by atoms with Crippen LogP contribution in [0.3, 0.4) is 0 Å². The second-order valence-electron chi connectivity index (χ2n) is 3.37. The Labute approximate surface area is 93.2 Å². The fourth-order valence-electron chi connectivity index (χ4n) is 1.33. The summed E-state index contributed by atoms with van der Waals surface area (Å²) in [6, 6.07) is 3.99. The molecule has 0 atom stereocenters. The highest BCUT2D eigenvalue weighted by molar-refractivity contribution is 7.11. The molecule has 0 fully saturated rings. The van der Waals surface area contributed by atoms with Crippen molar-refractivity contribution in [2.75, 3.05) is 5.32 Å². The lowest BCUT2D eigenvalue weighted by molar-refractivity contribution is 1.11. The molecule has 0 unspecified atom stereocenters. The molecule has 0 bridgehead atoms. The van der Waals surface area contributed by atoms with Gasteiger partial charge in [0, 0.05) is 17.3 Å². The van der Waals surface area contributed by atoms with Gasteiger partial charge in [-0.05, 0) is 25.5 Å². The van der Waals surface area contributed by atoms with Gasteiger partial charge in [0.2, 0.25) is 0 Å². The Kier molecular flexibility index (Phi) is 2.97. The van der Waals surface area contributed by atoms with Gasteiger partial charge in [-0.2, -0.15) is 0 Å². The maximum atomic E-state index is 4.27. The lowest BCUT2D eigenvalue weighted by atomic mass is 10.3. The maximum absolute atomic E-state index is 4.27. The zero-order chi connectivity index (χ0) is 10.7. The summed E-state index contributed by atoms with van der Waals surface area (Å²) in [5, 5.41) is 4.40. The van der Waals surface area contributed by atoms with E-state index in [1.807, 2.05) is 32.2 Å². The zero-order valence-electron chi connectivity index (χ0n) is 8.82. The van der Waals surface area contributed by atoms with Crippen molar-refractivity contribution in [1.82, 2.24) is 9.97 Å². The molecule has 2 aromatic rings. The molecule has 4 heteroatoms. The van der Waals surface area contributed by atoms with Gasteiger partial charge in [0.1, 0.15) is 5.82 Å². The number of pyridine rings is 1. The first-order chi connectivity index (χ1) is 7.25. The minimum Gasteiger partial charge on any atom is -0.365 e. The van der Waals surface area contributed by atoms with Crippen LogP contribution in [0.4, 0.5) is 5.82 Å². The Morgan fingerprint density at radius 3 is 2.87 bits per heavy atom. The number of hydrogen-bond acceptors (Lipinski definition) is 4. The molecular formula is C11H13N3S. The summed E-state index contributed by atoms with van der Waals surface area (Å²) in [7, 11) is 0. The largest absolute Gasteiger partial charge is 0.365 e. The normalized spacial score (nSPS) is 10.3. The number of aromatic nitrogens is 2. The Balaban J connectivity index is 2.02. The molecule has 2 aromatic heterocycles. The van der Waals surface area contributed by atoms with Gasteiger partial charge in [-0.1, -0.05) is 6.07 Å². The summed E-state index contributed by atoms with van der Waals surface area (Å²) in [5.74, 6) is 0.948. The molecule has 0 aliphatic rings. The van der Waals surface area contributed by atoms with Gasteiger partial charge in [-0.15, -0.1) is 11.3 Å². The first-order valence-electron chi connectivity index (χ1n) is 4.82. The van der Waals surface area contributed by atoms with Crippen LogP contribution < -0.4 is 5.32 Å². The first-order valence-corrected chi connectivity index (χ1v) is 5.64. The molecule has 0 spiro atoms. The number of hydrogen-bond donors (Lipinski definition) is 1. The lowest BCUT2D eigenvalue weighted by Crippen LogP contribution is -2.01. The smallest absolute Gasteiger partial charge is 0.129 e. The van der Waals surface area contributed by atoms with Crippen molar-refractivity contribution < 1.29 is 0 Å². The van der Waals surface area contributed by atoms with Crippen LogP contribution in [-0.4, -0.2) is 9.97 Å². The maximum Gasteiger partial charge on any atom is 0.129 e. The molecule has 0 radical (unpaired) electrons. The van der Waals surface area contributed by atoms with Crippen LogP contribution in [0.25, 0.3) is 0 Å². The van der Waals surface area contributed by atoms with E-state index in [1.165, 1.54) is 10.4 Å². The summed E-state index contributed by atoms with van der Waals surface area (Å²) < 4.78 is 0. The molecule has 0 aliphatic heterocycles. The molecular weight excluding hydrogens is 206 g/mol. The molecule has 2 heterocycles. The van der Waals surface area contributed by atoms with Crippen molar-refractivity contribution in [2.45, 2.75) is 20.4 Å². The fraction of sp³-hybridized carbons (Fsp3) is 0.273. The highest BCUT2D eigenvalue weighted by atomic mass is 32.1. The van der Waals surface area contributed by atoms with Gasteiger partial charge in [0.25, 0.3) is 0 Å². The highest BCUT2D eigenvalue weighted by Crippen LogP contribution is 2.15. The van der Waals surface area contributed by atoms with E-state index >= 15 is 0 Å². The second kappa shape index (κ2) is 4.40. The van der Waals surface area contributed by atoms with Crippen molar-refractivity contribution in [2.24, 2.45) is 0 Å². The molecule has 78 valence electrons. The molecule has 2 rings (SSSR count). The van der Waals surface area contributed by atoms with Crippen LogP contribution in [0.2, 0.25) is 0 Å². The van der Waals surface area contributed by atoms with Crippen molar-refractivity contribution in [3.8, 4) is 0 Å². The quantitative estimate of drug-likeness (QED) is 0.862. The Bertz CT molecular complexity index is 451. The SMILES string of the molecule is Cc1ncc(CNc2ncccc2C)s1. The van der Waals surface area contributed by atoms with Gasteiger partial charge < -0.3 is 5.32 Å². The number of anilines is 1. The molecule has 0 aromatic carbocycles. The van der Waals surface area contributed by atoms with Crippen molar-refractivity contribution in [1.29, 1.82) is 0 Å². The van der Waals surface area contributed by atoms with Crippen LogP contribution in [0, 0.1) is 13.8 Å². The summed E-state index contributed by atoms with van der Waals surface area (Å²) in [4.78, 5) is 9.72. The third-order valence-corrected chi connectivity index (χ3v) is 3.02. The van der Waals surface area contributed by atoms with E-state index in [4.69, 9.17) is 0 Å². The Hall–Kier alpha value is -1.42. The third kappa shape index (κ3) is 2.53. The molecule has 0 saturated carbocycles. The van der Waals surface area contributed by atoms with E-state index in [0.29, 0.717) is 0 Å². The minimum atomic E-state index is 0.795. The fourth-order valence-corrected chi connectivity index (χ4v) is 2.06. The van der Waals surface area contributed by atoms with Gasteiger partial charge in [0.15, 0.2) is 0 Å². The van der Waals surface area contributed by atoms with Crippen LogP contribution in [0.15, 0.2) is 24.5 Å². The minimum absolute atomic E-state index is 0.795. The topological polar surface area (TPSA) is 37.8 Å². The number of thiazole rings is 1. The third-order valence-electron chi connectivity index (χ3n) is 2.11. The molecule has 0 amide bonds. The van der Waals surface area contributed by atoms with Gasteiger partial charge in [-0.3, -0.25) is 0 Å². The molecule has 1 N–H and O–H groups in total. The van der Waals surface area contributed by atoms with Crippen LogP contribution >= 0.6 is 11.3 Å². The van der Waals surface area contributed by atoms with Gasteiger partial charge in [0.05, 0.1) is 11.6 Å². The van der Waals surface area contributed by atoms with Crippen molar-refractivity contribution in [3.63, 3.8) is 0 Å². The average molecular weight is 219 g/mol. The van der Waals surface area contributed by atoms with Crippen molar-refractivity contribution >= 4 is 17.2 Å². The van der Waals surface area contributed by atoms with E-state index < -0.39 is 0 Å². The Morgan fingerprint density at radius 1 is 1.33 bits per heavy atom. The molecule has 0 aliphatic carbocycles. The first kappa shape index (κ1) is 10.1. The second-order valence-corrected chi connectivity index (χ2v) is 4.69. The lowest BCUT2D eigenvalue weighted by Gasteiger charge is -2.05. The molecule has 3 nitrogen and oxygen atoms in total. The number of rotatable bonds is 3. The van der Waals surface area contributed by atoms with Crippen LogP contribution in [0.5, 0.6) is 0 Å². The molecule has 0 saturated heterocycles. The summed E-state index contributed by atoms with van der Waals surface area (Å²) in [6.07, 6.45) is 3.71. The predicted molar refractivity (Wildman–Crippen MR) is 63.2 cm³/mol. The van der Waals surface area contributed by atoms with Crippen molar-refractivity contribution in [3.05, 3.63) is 40.0 Å². The molecule has 15 heavy (non-hydrogen) atoms. The van der Waals surface area contributed by atoms with Gasteiger partial charge in [-0.25, -0.2) is 9.97 Å². The van der Waals surface area contributed by atoms with E-state index in [1.54, 1.807) is 17.5 Å². The van der Waals surface area contributed by atoms with E-state index in [9.17, 15) is 0 Å². The standard InChI is InChI=1S/C11H13N3S/c1-8-4-3-5-12-11(8)14-7-10-6-13-9(2)15-10/h3-6H,7H2,1-2H3,(H,12,14). The predicted octanol–water partition coefficient (Wildman–Crippen LogP) is 2.77. The zero-order valence-corrected chi connectivity index (χ0v) is 9.64. The average Bonchev–Trinajstić information content (AvgIpc) is 2.63. The highest BCUT2D eigenvalue weighted by Gasteiger charge is 2.00.